The van der Waals surface area contributed by atoms with Crippen molar-refractivity contribution >= 4 is 53.5 Å². The van der Waals surface area contributed by atoms with Crippen molar-refractivity contribution in [3.05, 3.63) is 91.9 Å². The monoisotopic (exact) mass is 578 g/mol. The summed E-state index contributed by atoms with van der Waals surface area (Å²) < 4.78 is 29.8. The first-order valence-corrected chi connectivity index (χ1v) is 13.0. The molecule has 0 spiro atoms. The van der Waals surface area contributed by atoms with Crippen LogP contribution < -0.4 is 5.32 Å². The van der Waals surface area contributed by atoms with E-state index >= 15 is 0 Å². The molecule has 5 nitrogen and oxygen atoms in total. The zero-order valence-corrected chi connectivity index (χ0v) is 22.0. The molecule has 0 fully saturated rings. The van der Waals surface area contributed by atoms with Gasteiger partial charge in [0.05, 0.1) is 11.4 Å². The van der Waals surface area contributed by atoms with Gasteiger partial charge in [0.2, 0.25) is 15.9 Å². The standard InChI is InChI=1S/C24H24Br2N2O3S/c1-16-4-10-22(11-5-16)32(30,31)28(14-19-6-8-20(25)9-7-19)15-23(29)27-24-17(2)12-21(26)13-18(24)3/h4-13H,14-15H2,1-3H3,(H,27,29). The van der Waals surface area contributed by atoms with Crippen LogP contribution in [0.1, 0.15) is 22.3 Å². The van der Waals surface area contributed by atoms with Gasteiger partial charge < -0.3 is 5.32 Å². The van der Waals surface area contributed by atoms with E-state index in [1.165, 1.54) is 4.31 Å². The molecule has 3 aromatic carbocycles. The highest BCUT2D eigenvalue weighted by Gasteiger charge is 2.27. The maximum atomic E-state index is 13.4. The molecule has 0 atom stereocenters. The second kappa shape index (κ2) is 10.3. The van der Waals surface area contributed by atoms with E-state index in [0.29, 0.717) is 5.69 Å². The SMILES string of the molecule is Cc1ccc(S(=O)(=O)N(CC(=O)Nc2c(C)cc(Br)cc2C)Cc2ccc(Br)cc2)cc1. The molecule has 0 radical (unpaired) electrons. The van der Waals surface area contributed by atoms with Crippen LogP contribution in [-0.4, -0.2) is 25.2 Å². The van der Waals surface area contributed by atoms with E-state index in [4.69, 9.17) is 0 Å². The molecule has 0 aliphatic rings. The third-order valence-electron chi connectivity index (χ3n) is 5.01. The molecule has 0 aliphatic carbocycles. The van der Waals surface area contributed by atoms with Gasteiger partial charge in [-0.15, -0.1) is 0 Å². The Morgan fingerprint density at radius 3 is 2.00 bits per heavy atom. The van der Waals surface area contributed by atoms with Gasteiger partial charge in [0.15, 0.2) is 0 Å². The van der Waals surface area contributed by atoms with Crippen molar-refractivity contribution < 1.29 is 13.2 Å². The van der Waals surface area contributed by atoms with Gasteiger partial charge in [-0.05, 0) is 73.9 Å². The number of nitrogens with one attached hydrogen (secondary N) is 1. The lowest BCUT2D eigenvalue weighted by atomic mass is 10.1. The third kappa shape index (κ3) is 6.07. The molecular weight excluding hydrogens is 556 g/mol. The van der Waals surface area contributed by atoms with Gasteiger partial charge in [0, 0.05) is 21.2 Å². The number of halogens is 2. The summed E-state index contributed by atoms with van der Waals surface area (Å²) in [6.07, 6.45) is 0. The summed E-state index contributed by atoms with van der Waals surface area (Å²) in [6.45, 7) is 5.47. The Labute approximate surface area is 206 Å². The molecule has 8 heteroatoms. The number of carbonyl (C=O) groups is 1. The van der Waals surface area contributed by atoms with Crippen LogP contribution in [0.4, 0.5) is 5.69 Å². The fraction of sp³-hybridized carbons (Fsp3) is 0.208. The number of rotatable bonds is 7. The minimum atomic E-state index is -3.89. The fourth-order valence-corrected chi connectivity index (χ4v) is 5.66. The van der Waals surface area contributed by atoms with Crippen LogP contribution in [0.3, 0.4) is 0 Å². The van der Waals surface area contributed by atoms with Crippen LogP contribution in [0.25, 0.3) is 0 Å². The molecule has 0 heterocycles. The Morgan fingerprint density at radius 2 is 1.44 bits per heavy atom. The average molecular weight is 580 g/mol. The van der Waals surface area contributed by atoms with Gasteiger partial charge in [-0.25, -0.2) is 8.42 Å². The number of anilines is 1. The molecule has 0 saturated carbocycles. The molecule has 3 aromatic rings. The molecule has 0 saturated heterocycles. The summed E-state index contributed by atoms with van der Waals surface area (Å²) in [5.74, 6) is -0.397. The fourth-order valence-electron chi connectivity index (χ4n) is 3.33. The quantitative estimate of drug-likeness (QED) is 0.375. The number of aryl methyl sites for hydroxylation is 3. The number of hydrogen-bond donors (Lipinski definition) is 1. The summed E-state index contributed by atoms with van der Waals surface area (Å²) in [7, 11) is -3.89. The Balaban J connectivity index is 1.90. The summed E-state index contributed by atoms with van der Waals surface area (Å²) in [6, 6.07) is 17.8. The molecule has 1 N–H and O–H groups in total. The van der Waals surface area contributed by atoms with Gasteiger partial charge in [-0.3, -0.25) is 4.79 Å². The normalized spacial score (nSPS) is 11.6. The average Bonchev–Trinajstić information content (AvgIpc) is 2.72. The summed E-state index contributed by atoms with van der Waals surface area (Å²) in [5.41, 5.74) is 4.22. The Morgan fingerprint density at radius 1 is 0.875 bits per heavy atom. The summed E-state index contributed by atoms with van der Waals surface area (Å²) >= 11 is 6.84. The summed E-state index contributed by atoms with van der Waals surface area (Å²) in [4.78, 5) is 13.1. The van der Waals surface area contributed by atoms with Gasteiger partial charge in [0.25, 0.3) is 0 Å². The van der Waals surface area contributed by atoms with Crippen LogP contribution in [0.5, 0.6) is 0 Å². The predicted octanol–water partition coefficient (Wildman–Crippen LogP) is 5.97. The predicted molar refractivity (Wildman–Crippen MR) is 135 cm³/mol. The molecular formula is C24H24Br2N2O3S. The minimum absolute atomic E-state index is 0.0786. The highest BCUT2D eigenvalue weighted by molar-refractivity contribution is 9.10. The van der Waals surface area contributed by atoms with Crippen molar-refractivity contribution in [2.45, 2.75) is 32.2 Å². The smallest absolute Gasteiger partial charge is 0.243 e. The molecule has 0 aromatic heterocycles. The molecule has 1 amide bonds. The molecule has 0 aliphatic heterocycles. The number of benzene rings is 3. The van der Waals surface area contributed by atoms with E-state index in [1.54, 1.807) is 24.3 Å². The first-order chi connectivity index (χ1) is 15.1. The van der Waals surface area contributed by atoms with Crippen molar-refractivity contribution in [1.82, 2.24) is 4.31 Å². The number of carbonyl (C=O) groups excluding carboxylic acids is 1. The van der Waals surface area contributed by atoms with E-state index in [2.05, 4.69) is 37.2 Å². The van der Waals surface area contributed by atoms with Gasteiger partial charge in [-0.2, -0.15) is 4.31 Å². The Kier molecular flexibility index (Phi) is 7.92. The lowest BCUT2D eigenvalue weighted by molar-refractivity contribution is -0.116. The van der Waals surface area contributed by atoms with Crippen LogP contribution in [0.15, 0.2) is 74.5 Å². The highest BCUT2D eigenvalue weighted by atomic mass is 79.9. The molecule has 0 unspecified atom stereocenters. The molecule has 32 heavy (non-hydrogen) atoms. The Bertz CT molecular complexity index is 1200. The minimum Gasteiger partial charge on any atom is -0.324 e. The number of sulfonamides is 1. The topological polar surface area (TPSA) is 66.5 Å². The Hall–Kier alpha value is -2.00. The van der Waals surface area contributed by atoms with Gasteiger partial charge in [0.1, 0.15) is 0 Å². The maximum absolute atomic E-state index is 13.4. The van der Waals surface area contributed by atoms with Crippen molar-refractivity contribution in [1.29, 1.82) is 0 Å². The van der Waals surface area contributed by atoms with E-state index in [9.17, 15) is 13.2 Å². The van der Waals surface area contributed by atoms with Crippen molar-refractivity contribution in [2.75, 3.05) is 11.9 Å². The third-order valence-corrected chi connectivity index (χ3v) is 7.81. The van der Waals surface area contributed by atoms with E-state index in [1.807, 2.05) is 57.2 Å². The van der Waals surface area contributed by atoms with Gasteiger partial charge >= 0.3 is 0 Å². The lowest BCUT2D eigenvalue weighted by Gasteiger charge is -2.23. The van der Waals surface area contributed by atoms with Crippen molar-refractivity contribution in [3.63, 3.8) is 0 Å². The highest BCUT2D eigenvalue weighted by Crippen LogP contribution is 2.26. The summed E-state index contributed by atoms with van der Waals surface area (Å²) in [5, 5.41) is 2.89. The largest absolute Gasteiger partial charge is 0.324 e. The second-order valence-corrected chi connectivity index (χ2v) is 11.4. The van der Waals surface area contributed by atoms with Crippen LogP contribution in [0.2, 0.25) is 0 Å². The molecule has 3 rings (SSSR count). The number of nitrogens with zero attached hydrogens (tertiary/aromatic N) is 1. The lowest BCUT2D eigenvalue weighted by Crippen LogP contribution is -2.37. The number of hydrogen-bond acceptors (Lipinski definition) is 3. The maximum Gasteiger partial charge on any atom is 0.243 e. The first-order valence-electron chi connectivity index (χ1n) is 9.94. The number of amides is 1. The van der Waals surface area contributed by atoms with E-state index in [0.717, 1.165) is 31.2 Å². The van der Waals surface area contributed by atoms with E-state index in [-0.39, 0.29) is 18.0 Å². The van der Waals surface area contributed by atoms with Crippen molar-refractivity contribution in [2.24, 2.45) is 0 Å². The van der Waals surface area contributed by atoms with Crippen LogP contribution in [0, 0.1) is 20.8 Å². The zero-order valence-electron chi connectivity index (χ0n) is 18.0. The zero-order chi connectivity index (χ0) is 23.5. The van der Waals surface area contributed by atoms with Crippen LogP contribution in [-0.2, 0) is 21.4 Å². The van der Waals surface area contributed by atoms with Crippen molar-refractivity contribution in [3.8, 4) is 0 Å². The van der Waals surface area contributed by atoms with Crippen LogP contribution >= 0.6 is 31.9 Å². The first kappa shape index (κ1) is 24.6. The molecule has 168 valence electrons. The van der Waals surface area contributed by atoms with E-state index < -0.39 is 15.9 Å². The molecule has 0 bridgehead atoms. The van der Waals surface area contributed by atoms with Gasteiger partial charge in [-0.1, -0.05) is 61.7 Å². The second-order valence-electron chi connectivity index (χ2n) is 7.68.